The van der Waals surface area contributed by atoms with Crippen molar-refractivity contribution < 1.29 is 9.53 Å². The third-order valence-electron chi connectivity index (χ3n) is 5.70. The zero-order valence-electron chi connectivity index (χ0n) is 17.2. The van der Waals surface area contributed by atoms with Gasteiger partial charge in [0, 0.05) is 35.6 Å². The number of allylic oxidation sites excluding steroid dienone is 2. The maximum Gasteiger partial charge on any atom is 0.226 e. The Bertz CT molecular complexity index is 1150. The highest BCUT2D eigenvalue weighted by Gasteiger charge is 2.41. The first-order valence-corrected chi connectivity index (χ1v) is 9.99. The van der Waals surface area contributed by atoms with E-state index >= 15 is 0 Å². The third kappa shape index (κ3) is 3.07. The Kier molecular flexibility index (Phi) is 4.20. The molecule has 0 spiro atoms. The van der Waals surface area contributed by atoms with Crippen LogP contribution in [0.5, 0.6) is 5.75 Å². The van der Waals surface area contributed by atoms with E-state index in [1.807, 2.05) is 41.1 Å². The van der Waals surface area contributed by atoms with Crippen LogP contribution >= 0.6 is 0 Å². The minimum atomic E-state index is -0.317. The number of carbonyl (C=O) groups is 1. The van der Waals surface area contributed by atoms with Crippen molar-refractivity contribution in [3.05, 3.63) is 65.6 Å². The molecule has 0 fully saturated rings. The lowest BCUT2D eigenvalue weighted by Crippen LogP contribution is -2.36. The molecular weight excluding hydrogens is 378 g/mol. The molecule has 3 aromatic rings. The number of rotatable bonds is 3. The molecule has 7 nitrogen and oxygen atoms in total. The first-order valence-electron chi connectivity index (χ1n) is 9.99. The van der Waals surface area contributed by atoms with Crippen LogP contribution < -0.4 is 10.1 Å². The minimum absolute atomic E-state index is 0.0906. The fourth-order valence-corrected chi connectivity index (χ4v) is 4.33. The number of pyridine rings is 1. The number of hydrogen-bond donors (Lipinski definition) is 1. The van der Waals surface area contributed by atoms with Crippen LogP contribution in [-0.4, -0.2) is 32.6 Å². The zero-order valence-corrected chi connectivity index (χ0v) is 17.2. The average molecular weight is 401 g/mol. The van der Waals surface area contributed by atoms with Crippen LogP contribution in [0.2, 0.25) is 0 Å². The van der Waals surface area contributed by atoms with Crippen molar-refractivity contribution in [3.8, 4) is 17.1 Å². The summed E-state index contributed by atoms with van der Waals surface area (Å²) in [6, 6.07) is 11.2. The number of hydrogen-bond acceptors (Lipinski definition) is 6. The summed E-state index contributed by atoms with van der Waals surface area (Å²) in [6.45, 7) is 4.25. The summed E-state index contributed by atoms with van der Waals surface area (Å²) in [5.41, 5.74) is 3.49. The second kappa shape index (κ2) is 6.79. The molecule has 0 saturated carbocycles. The normalized spacial score (nSPS) is 19.7. The van der Waals surface area contributed by atoms with Crippen molar-refractivity contribution in [1.82, 2.24) is 19.7 Å². The summed E-state index contributed by atoms with van der Waals surface area (Å²) in [5.74, 6) is 2.18. The van der Waals surface area contributed by atoms with E-state index in [-0.39, 0.29) is 17.2 Å². The number of Topliss-reactive ketones (excluding diaryl/α,β-unsaturated/α-hetero) is 1. The molecule has 0 bridgehead atoms. The lowest BCUT2D eigenvalue weighted by molar-refractivity contribution is -0.118. The lowest BCUT2D eigenvalue weighted by Gasteiger charge is -2.38. The SMILES string of the molecule is COc1ccc(-c2nc3n(n2)C(c2ccncc2)C2=C(CC(C)(C)CC2=O)N3)cc1. The van der Waals surface area contributed by atoms with Gasteiger partial charge in [0.15, 0.2) is 11.6 Å². The molecule has 7 heteroatoms. The van der Waals surface area contributed by atoms with E-state index in [9.17, 15) is 4.79 Å². The number of anilines is 1. The van der Waals surface area contributed by atoms with Gasteiger partial charge in [0.25, 0.3) is 0 Å². The standard InChI is InChI=1S/C23H23N5O2/c1-23(2)12-17-19(18(29)13-23)20(14-8-10-24-11-9-14)28-22(25-17)26-21(27-28)15-4-6-16(30-3)7-5-15/h4-11,20H,12-13H2,1-3H3,(H,25,26,27). The monoisotopic (exact) mass is 401 g/mol. The number of ether oxygens (including phenoxy) is 1. The topological polar surface area (TPSA) is 81.9 Å². The third-order valence-corrected chi connectivity index (χ3v) is 5.70. The molecule has 1 aliphatic carbocycles. The van der Waals surface area contributed by atoms with Crippen LogP contribution in [0.3, 0.4) is 0 Å². The first-order chi connectivity index (χ1) is 14.4. The van der Waals surface area contributed by atoms with E-state index in [1.165, 1.54) is 0 Å². The molecular formula is C23H23N5O2. The van der Waals surface area contributed by atoms with Gasteiger partial charge in [-0.2, -0.15) is 4.98 Å². The summed E-state index contributed by atoms with van der Waals surface area (Å²) >= 11 is 0. The quantitative estimate of drug-likeness (QED) is 0.714. The van der Waals surface area contributed by atoms with Gasteiger partial charge in [-0.25, -0.2) is 4.68 Å². The number of ketones is 1. The van der Waals surface area contributed by atoms with Crippen molar-refractivity contribution in [2.24, 2.45) is 5.41 Å². The number of methoxy groups -OCH3 is 1. The molecule has 1 atom stereocenters. The van der Waals surface area contributed by atoms with Crippen LogP contribution in [0.25, 0.3) is 11.4 Å². The number of fused-ring (bicyclic) bond motifs is 1. The van der Waals surface area contributed by atoms with Gasteiger partial charge in [-0.3, -0.25) is 9.78 Å². The molecule has 5 rings (SSSR count). The average Bonchev–Trinajstić information content (AvgIpc) is 3.15. The molecule has 0 amide bonds. The molecule has 30 heavy (non-hydrogen) atoms. The van der Waals surface area contributed by atoms with Gasteiger partial charge in [-0.15, -0.1) is 5.10 Å². The van der Waals surface area contributed by atoms with E-state index < -0.39 is 0 Å². The molecule has 1 aromatic carbocycles. The van der Waals surface area contributed by atoms with E-state index in [2.05, 4.69) is 24.1 Å². The second-order valence-corrected chi connectivity index (χ2v) is 8.57. The molecule has 1 N–H and O–H groups in total. The zero-order chi connectivity index (χ0) is 20.9. The van der Waals surface area contributed by atoms with Crippen LogP contribution in [0, 0.1) is 5.41 Å². The fourth-order valence-electron chi connectivity index (χ4n) is 4.33. The smallest absolute Gasteiger partial charge is 0.226 e. The van der Waals surface area contributed by atoms with Gasteiger partial charge in [-0.05, 0) is 53.8 Å². The summed E-state index contributed by atoms with van der Waals surface area (Å²) in [7, 11) is 1.64. The van der Waals surface area contributed by atoms with Gasteiger partial charge in [0.05, 0.1) is 7.11 Å². The van der Waals surface area contributed by atoms with Crippen LogP contribution in [-0.2, 0) is 4.79 Å². The maximum absolute atomic E-state index is 13.2. The van der Waals surface area contributed by atoms with Gasteiger partial charge < -0.3 is 10.1 Å². The largest absolute Gasteiger partial charge is 0.497 e. The molecule has 2 aromatic heterocycles. The molecule has 0 radical (unpaired) electrons. The van der Waals surface area contributed by atoms with Gasteiger partial charge in [-0.1, -0.05) is 13.8 Å². The highest BCUT2D eigenvalue weighted by molar-refractivity contribution is 6.00. The number of nitrogens with one attached hydrogen (secondary N) is 1. The van der Waals surface area contributed by atoms with Crippen molar-refractivity contribution in [2.75, 3.05) is 12.4 Å². The Hall–Kier alpha value is -3.48. The van der Waals surface area contributed by atoms with Crippen LogP contribution in [0.4, 0.5) is 5.95 Å². The van der Waals surface area contributed by atoms with Crippen molar-refractivity contribution in [2.45, 2.75) is 32.7 Å². The predicted octanol–water partition coefficient (Wildman–Crippen LogP) is 4.01. The number of benzene rings is 1. The maximum atomic E-state index is 13.2. The molecule has 3 heterocycles. The molecule has 1 unspecified atom stereocenters. The molecule has 152 valence electrons. The Morgan fingerprint density at radius 2 is 1.83 bits per heavy atom. The lowest BCUT2D eigenvalue weighted by atomic mass is 9.73. The Labute approximate surface area is 174 Å². The first kappa shape index (κ1) is 18.5. The van der Waals surface area contributed by atoms with Crippen LogP contribution in [0.15, 0.2) is 60.1 Å². The van der Waals surface area contributed by atoms with E-state index in [1.54, 1.807) is 19.5 Å². The number of carbonyl (C=O) groups excluding carboxylic acids is 1. The molecule has 0 saturated heterocycles. The van der Waals surface area contributed by atoms with E-state index in [0.29, 0.717) is 18.2 Å². The van der Waals surface area contributed by atoms with Crippen molar-refractivity contribution >= 4 is 11.7 Å². The van der Waals surface area contributed by atoms with Gasteiger partial charge >= 0.3 is 0 Å². The van der Waals surface area contributed by atoms with Crippen molar-refractivity contribution in [1.29, 1.82) is 0 Å². The summed E-state index contributed by atoms with van der Waals surface area (Å²) in [6.07, 6.45) is 4.80. The molecule has 1 aliphatic heterocycles. The van der Waals surface area contributed by atoms with Crippen LogP contribution in [0.1, 0.15) is 38.3 Å². The highest BCUT2D eigenvalue weighted by atomic mass is 16.5. The minimum Gasteiger partial charge on any atom is -0.497 e. The highest BCUT2D eigenvalue weighted by Crippen LogP contribution is 2.45. The Morgan fingerprint density at radius 3 is 2.53 bits per heavy atom. The fraction of sp³-hybridized carbons (Fsp3) is 0.304. The Balaban J connectivity index is 1.64. The van der Waals surface area contributed by atoms with Gasteiger partial charge in [0.1, 0.15) is 11.8 Å². The van der Waals surface area contributed by atoms with Gasteiger partial charge in [0.2, 0.25) is 5.95 Å². The summed E-state index contributed by atoms with van der Waals surface area (Å²) in [5, 5.41) is 8.20. The van der Waals surface area contributed by atoms with Crippen molar-refractivity contribution in [3.63, 3.8) is 0 Å². The van der Waals surface area contributed by atoms with E-state index in [4.69, 9.17) is 14.8 Å². The number of nitrogens with zero attached hydrogens (tertiary/aromatic N) is 4. The summed E-state index contributed by atoms with van der Waals surface area (Å²) in [4.78, 5) is 22.1. The number of aromatic nitrogens is 4. The molecule has 2 aliphatic rings. The summed E-state index contributed by atoms with van der Waals surface area (Å²) < 4.78 is 7.07. The Morgan fingerprint density at radius 1 is 1.10 bits per heavy atom. The second-order valence-electron chi connectivity index (χ2n) is 8.57. The van der Waals surface area contributed by atoms with E-state index in [0.717, 1.165) is 34.6 Å². The predicted molar refractivity (Wildman–Crippen MR) is 113 cm³/mol.